The number of benzene rings is 3. The Morgan fingerprint density at radius 1 is 0.900 bits per heavy atom. The summed E-state index contributed by atoms with van der Waals surface area (Å²) in [6, 6.07) is 23.4. The van der Waals surface area contributed by atoms with Gasteiger partial charge >= 0.3 is 0 Å². The van der Waals surface area contributed by atoms with Crippen molar-refractivity contribution in [3.8, 4) is 0 Å². The first-order chi connectivity index (χ1) is 14.7. The second-order valence-electron chi connectivity index (χ2n) is 7.96. The maximum absolute atomic E-state index is 6.15. The molecule has 148 valence electrons. The normalized spacial score (nSPS) is 14.6. The van der Waals surface area contributed by atoms with E-state index in [9.17, 15) is 0 Å². The van der Waals surface area contributed by atoms with Crippen LogP contribution in [-0.2, 0) is 0 Å². The summed E-state index contributed by atoms with van der Waals surface area (Å²) in [5, 5.41) is 5.99. The highest BCUT2D eigenvalue weighted by molar-refractivity contribution is 6.04. The van der Waals surface area contributed by atoms with Crippen LogP contribution >= 0.6 is 0 Å². The maximum atomic E-state index is 6.15. The molecule has 0 saturated carbocycles. The average Bonchev–Trinajstić information content (AvgIpc) is 3.15. The molecule has 1 atom stereocenters. The lowest BCUT2D eigenvalue weighted by Gasteiger charge is -2.24. The van der Waals surface area contributed by atoms with E-state index in [4.69, 9.17) is 4.42 Å². The lowest BCUT2D eigenvalue weighted by atomic mass is 9.95. The number of aryl methyl sites for hydroxylation is 1. The minimum Gasteiger partial charge on any atom is -0.456 e. The molecule has 0 fully saturated rings. The van der Waals surface area contributed by atoms with Gasteiger partial charge in [-0.15, -0.1) is 0 Å². The van der Waals surface area contributed by atoms with Crippen molar-refractivity contribution in [1.29, 1.82) is 0 Å². The molecule has 3 aromatic carbocycles. The zero-order valence-electron chi connectivity index (χ0n) is 17.2. The summed E-state index contributed by atoms with van der Waals surface area (Å²) < 4.78 is 6.15. The standard InChI is InChI=1S/C28H25NO/c1-19-9-8-12-22(17-19)28(29-20(2)21-10-4-3-5-11-21)23-15-16-25-24-13-6-7-14-26(24)30-27(25)18-23/h4,6-18,28-29H,2-3,5H2,1H3. The number of nitrogens with one attached hydrogen (secondary N) is 1. The van der Waals surface area contributed by atoms with Crippen molar-refractivity contribution in [2.24, 2.45) is 0 Å². The monoisotopic (exact) mass is 391 g/mol. The Kier molecular flexibility index (Phi) is 4.76. The summed E-state index contributed by atoms with van der Waals surface area (Å²) in [5.41, 5.74) is 7.57. The Balaban J connectivity index is 1.58. The molecule has 0 aliphatic heterocycles. The van der Waals surface area contributed by atoms with Gasteiger partial charge in [-0.1, -0.05) is 85.0 Å². The number of hydrogen-bond donors (Lipinski definition) is 1. The quantitative estimate of drug-likeness (QED) is 0.384. The Morgan fingerprint density at radius 2 is 1.73 bits per heavy atom. The topological polar surface area (TPSA) is 25.2 Å². The Morgan fingerprint density at radius 3 is 2.57 bits per heavy atom. The minimum absolute atomic E-state index is 0.00811. The molecule has 1 aliphatic carbocycles. The molecule has 2 heteroatoms. The Hall–Kier alpha value is -3.52. The van der Waals surface area contributed by atoms with Crippen molar-refractivity contribution in [3.05, 3.63) is 119 Å². The van der Waals surface area contributed by atoms with E-state index < -0.39 is 0 Å². The number of hydrogen-bond acceptors (Lipinski definition) is 2. The fourth-order valence-corrected chi connectivity index (χ4v) is 4.23. The van der Waals surface area contributed by atoms with E-state index in [1.807, 2.05) is 12.1 Å². The van der Waals surface area contributed by atoms with Crippen LogP contribution in [0.15, 0.2) is 107 Å². The van der Waals surface area contributed by atoms with Gasteiger partial charge in [0.05, 0.1) is 6.04 Å². The van der Waals surface area contributed by atoms with Gasteiger partial charge in [0.15, 0.2) is 0 Å². The van der Waals surface area contributed by atoms with Crippen LogP contribution in [0.2, 0.25) is 0 Å². The van der Waals surface area contributed by atoms with Gasteiger partial charge in [0, 0.05) is 16.5 Å². The third-order valence-electron chi connectivity index (χ3n) is 5.77. The molecule has 1 heterocycles. The van der Waals surface area contributed by atoms with Gasteiger partial charge in [-0.25, -0.2) is 0 Å². The Labute approximate surface area is 177 Å². The minimum atomic E-state index is -0.00811. The number of rotatable bonds is 5. The van der Waals surface area contributed by atoms with Gasteiger partial charge in [0.1, 0.15) is 11.2 Å². The summed E-state index contributed by atoms with van der Waals surface area (Å²) in [6.45, 7) is 6.46. The van der Waals surface area contributed by atoms with Gasteiger partial charge in [0.2, 0.25) is 0 Å². The predicted octanol–water partition coefficient (Wildman–Crippen LogP) is 7.36. The summed E-state index contributed by atoms with van der Waals surface area (Å²) in [4.78, 5) is 0. The largest absolute Gasteiger partial charge is 0.456 e. The SMILES string of the molecule is C=C(NC(c1cccc(C)c1)c1ccc2c(c1)oc1ccccc12)C1=CCCC=C1. The van der Waals surface area contributed by atoms with Crippen molar-refractivity contribution in [2.45, 2.75) is 25.8 Å². The van der Waals surface area contributed by atoms with E-state index in [0.29, 0.717) is 0 Å². The van der Waals surface area contributed by atoms with E-state index in [1.165, 1.54) is 16.7 Å². The molecule has 0 saturated heterocycles. The summed E-state index contributed by atoms with van der Waals surface area (Å²) >= 11 is 0. The highest BCUT2D eigenvalue weighted by Crippen LogP contribution is 2.33. The zero-order chi connectivity index (χ0) is 20.5. The molecule has 0 radical (unpaired) electrons. The van der Waals surface area contributed by atoms with Gasteiger partial charge in [-0.2, -0.15) is 0 Å². The van der Waals surface area contributed by atoms with Crippen LogP contribution < -0.4 is 5.32 Å². The predicted molar refractivity (Wildman–Crippen MR) is 125 cm³/mol. The van der Waals surface area contributed by atoms with Gasteiger partial charge in [-0.05, 0) is 48.6 Å². The molecule has 1 unspecified atom stereocenters. The molecule has 0 bridgehead atoms. The summed E-state index contributed by atoms with van der Waals surface area (Å²) in [7, 11) is 0. The van der Waals surface area contributed by atoms with Crippen LogP contribution in [-0.4, -0.2) is 0 Å². The first-order valence-electron chi connectivity index (χ1n) is 10.5. The van der Waals surface area contributed by atoms with Gasteiger partial charge in [-0.3, -0.25) is 0 Å². The van der Waals surface area contributed by atoms with Crippen LogP contribution in [0.4, 0.5) is 0 Å². The molecule has 30 heavy (non-hydrogen) atoms. The first-order valence-corrected chi connectivity index (χ1v) is 10.5. The van der Waals surface area contributed by atoms with Crippen molar-refractivity contribution < 1.29 is 4.42 Å². The molecule has 4 aromatic rings. The number of para-hydroxylation sites is 1. The number of furan rings is 1. The second kappa shape index (κ2) is 7.72. The molecular weight excluding hydrogens is 366 g/mol. The molecule has 2 nitrogen and oxygen atoms in total. The van der Waals surface area contributed by atoms with Crippen molar-refractivity contribution in [2.75, 3.05) is 0 Å². The van der Waals surface area contributed by atoms with E-state index in [1.54, 1.807) is 0 Å². The van der Waals surface area contributed by atoms with E-state index in [0.717, 1.165) is 46.0 Å². The second-order valence-corrected chi connectivity index (χ2v) is 7.96. The maximum Gasteiger partial charge on any atom is 0.135 e. The molecule has 0 spiro atoms. The van der Waals surface area contributed by atoms with Crippen molar-refractivity contribution in [3.63, 3.8) is 0 Å². The number of allylic oxidation sites excluding steroid dienone is 3. The number of fused-ring (bicyclic) bond motifs is 3. The average molecular weight is 392 g/mol. The molecule has 1 aromatic heterocycles. The third kappa shape index (κ3) is 3.46. The Bertz CT molecular complexity index is 1300. The van der Waals surface area contributed by atoms with Crippen LogP contribution in [0, 0.1) is 6.92 Å². The van der Waals surface area contributed by atoms with Crippen molar-refractivity contribution >= 4 is 21.9 Å². The fraction of sp³-hybridized carbons (Fsp3) is 0.143. The molecule has 0 amide bonds. The van der Waals surface area contributed by atoms with Crippen LogP contribution in [0.25, 0.3) is 21.9 Å². The molecular formula is C28H25NO. The fourth-order valence-electron chi connectivity index (χ4n) is 4.23. The van der Waals surface area contributed by atoms with Gasteiger partial charge < -0.3 is 9.73 Å². The van der Waals surface area contributed by atoms with Crippen LogP contribution in [0.1, 0.15) is 35.6 Å². The molecule has 1 N–H and O–H groups in total. The molecule has 5 rings (SSSR count). The van der Waals surface area contributed by atoms with Crippen LogP contribution in [0.3, 0.4) is 0 Å². The highest BCUT2D eigenvalue weighted by atomic mass is 16.3. The zero-order valence-corrected chi connectivity index (χ0v) is 17.2. The first kappa shape index (κ1) is 18.5. The van der Waals surface area contributed by atoms with Crippen LogP contribution in [0.5, 0.6) is 0 Å². The van der Waals surface area contributed by atoms with E-state index in [2.05, 4.69) is 91.6 Å². The molecule has 1 aliphatic rings. The van der Waals surface area contributed by atoms with E-state index >= 15 is 0 Å². The van der Waals surface area contributed by atoms with Gasteiger partial charge in [0.25, 0.3) is 0 Å². The summed E-state index contributed by atoms with van der Waals surface area (Å²) in [5.74, 6) is 0. The highest BCUT2D eigenvalue weighted by Gasteiger charge is 2.18. The lowest BCUT2D eigenvalue weighted by Crippen LogP contribution is -2.22. The lowest BCUT2D eigenvalue weighted by molar-refractivity contribution is 0.662. The summed E-state index contributed by atoms with van der Waals surface area (Å²) in [6.07, 6.45) is 8.79. The van der Waals surface area contributed by atoms with Crippen molar-refractivity contribution in [1.82, 2.24) is 5.32 Å². The smallest absolute Gasteiger partial charge is 0.135 e. The van der Waals surface area contributed by atoms with E-state index in [-0.39, 0.29) is 6.04 Å². The third-order valence-corrected chi connectivity index (χ3v) is 5.77.